The van der Waals surface area contributed by atoms with Gasteiger partial charge in [-0.2, -0.15) is 0 Å². The summed E-state index contributed by atoms with van der Waals surface area (Å²) < 4.78 is 6.77. The van der Waals surface area contributed by atoms with Gasteiger partial charge in [-0.3, -0.25) is 4.79 Å². The number of carbonyl (C=O) groups excluding carboxylic acids is 1. The van der Waals surface area contributed by atoms with Crippen molar-refractivity contribution in [1.82, 2.24) is 4.90 Å². The molecule has 4 fully saturated rings. The maximum absolute atomic E-state index is 12.5. The Kier molecular flexibility index (Phi) is 4.88. The molecule has 3 aliphatic carbocycles. The molecular weight excluding hydrogens is 406 g/mol. The molecule has 0 aromatic heterocycles. The first kappa shape index (κ1) is 21.5. The predicted octanol–water partition coefficient (Wildman–Crippen LogP) is 6.70. The summed E-state index contributed by atoms with van der Waals surface area (Å²) in [5.74, 6) is 4.29. The Morgan fingerprint density at radius 2 is 1.79 bits per heavy atom. The number of rotatable bonds is 2. The van der Waals surface area contributed by atoms with Crippen molar-refractivity contribution in [2.75, 3.05) is 7.05 Å². The summed E-state index contributed by atoms with van der Waals surface area (Å²) in [6, 6.07) is 15.5. The van der Waals surface area contributed by atoms with Gasteiger partial charge in [0.25, 0.3) is 0 Å². The second-order valence-corrected chi connectivity index (χ2v) is 12.4. The number of benzene rings is 2. The SMILES string of the molecule is CC1C[C@H]2N(C)C(=O)CC[C@]2(C)[C@H]2CC[C@]3(C)C[C@@H](Oc4cccc5ccccc45)C[C@H]3C12. The quantitative estimate of drug-likeness (QED) is 0.515. The van der Waals surface area contributed by atoms with E-state index in [0.29, 0.717) is 29.4 Å². The summed E-state index contributed by atoms with van der Waals surface area (Å²) in [4.78, 5) is 14.6. The van der Waals surface area contributed by atoms with E-state index in [4.69, 9.17) is 4.74 Å². The number of nitrogens with zero attached hydrogens (tertiary/aromatic N) is 1. The van der Waals surface area contributed by atoms with E-state index in [-0.39, 0.29) is 5.41 Å². The van der Waals surface area contributed by atoms with Crippen molar-refractivity contribution in [2.24, 2.45) is 34.5 Å². The van der Waals surface area contributed by atoms with Crippen molar-refractivity contribution in [3.63, 3.8) is 0 Å². The number of amides is 1. The van der Waals surface area contributed by atoms with Crippen molar-refractivity contribution >= 4 is 16.7 Å². The second kappa shape index (κ2) is 7.48. The first-order valence-corrected chi connectivity index (χ1v) is 13.2. The molecule has 4 aliphatic rings. The van der Waals surface area contributed by atoms with E-state index in [1.807, 2.05) is 0 Å². The Balaban J connectivity index is 1.28. The molecule has 176 valence electrons. The summed E-state index contributed by atoms with van der Waals surface area (Å²) in [6.07, 6.45) is 8.26. The molecule has 1 amide bonds. The first-order chi connectivity index (χ1) is 15.8. The van der Waals surface area contributed by atoms with Crippen LogP contribution in [0.5, 0.6) is 5.75 Å². The minimum Gasteiger partial charge on any atom is -0.490 e. The number of fused-ring (bicyclic) bond motifs is 6. The lowest BCUT2D eigenvalue weighted by Gasteiger charge is -2.63. The molecule has 0 N–H and O–H groups in total. The molecule has 2 aromatic rings. The molecule has 3 saturated carbocycles. The highest BCUT2D eigenvalue weighted by Gasteiger charge is 2.62. The maximum atomic E-state index is 12.5. The smallest absolute Gasteiger partial charge is 0.222 e. The topological polar surface area (TPSA) is 29.5 Å². The highest BCUT2D eigenvalue weighted by atomic mass is 16.5. The Morgan fingerprint density at radius 3 is 2.64 bits per heavy atom. The molecule has 2 aromatic carbocycles. The Hall–Kier alpha value is -2.03. The van der Waals surface area contributed by atoms with Gasteiger partial charge in [-0.1, -0.05) is 57.2 Å². The molecule has 1 aliphatic heterocycles. The van der Waals surface area contributed by atoms with E-state index in [1.54, 1.807) is 0 Å². The maximum Gasteiger partial charge on any atom is 0.222 e. The second-order valence-electron chi connectivity index (χ2n) is 12.4. The van der Waals surface area contributed by atoms with Crippen LogP contribution in [0.1, 0.15) is 65.7 Å². The van der Waals surface area contributed by atoms with Crippen molar-refractivity contribution in [2.45, 2.75) is 77.9 Å². The van der Waals surface area contributed by atoms with Crippen LogP contribution in [0, 0.1) is 34.5 Å². The van der Waals surface area contributed by atoms with Gasteiger partial charge in [0.15, 0.2) is 0 Å². The normalized spacial score (nSPS) is 42.5. The molecule has 1 heterocycles. The number of likely N-dealkylation sites (tertiary alicyclic amines) is 1. The Morgan fingerprint density at radius 1 is 1.00 bits per heavy atom. The van der Waals surface area contributed by atoms with Crippen LogP contribution < -0.4 is 4.74 Å². The molecule has 3 heteroatoms. The van der Waals surface area contributed by atoms with Crippen LogP contribution in [0.4, 0.5) is 0 Å². The first-order valence-electron chi connectivity index (χ1n) is 13.2. The van der Waals surface area contributed by atoms with Gasteiger partial charge < -0.3 is 9.64 Å². The number of hydrogen-bond acceptors (Lipinski definition) is 2. The summed E-state index contributed by atoms with van der Waals surface area (Å²) in [6.45, 7) is 7.55. The van der Waals surface area contributed by atoms with E-state index >= 15 is 0 Å². The van der Waals surface area contributed by atoms with Gasteiger partial charge in [0, 0.05) is 24.9 Å². The van der Waals surface area contributed by atoms with Gasteiger partial charge in [0.2, 0.25) is 5.91 Å². The monoisotopic (exact) mass is 445 g/mol. The summed E-state index contributed by atoms with van der Waals surface area (Å²) in [7, 11) is 2.06. The van der Waals surface area contributed by atoms with Crippen LogP contribution in [0.2, 0.25) is 0 Å². The van der Waals surface area contributed by atoms with Gasteiger partial charge >= 0.3 is 0 Å². The summed E-state index contributed by atoms with van der Waals surface area (Å²) in [5, 5.41) is 2.49. The van der Waals surface area contributed by atoms with Gasteiger partial charge in [-0.25, -0.2) is 0 Å². The lowest BCUT2D eigenvalue weighted by Crippen LogP contribution is -2.62. The highest BCUT2D eigenvalue weighted by molar-refractivity contribution is 5.88. The average Bonchev–Trinajstić information content (AvgIpc) is 3.14. The third-order valence-corrected chi connectivity index (χ3v) is 10.7. The molecular formula is C30H39NO2. The number of hydrogen-bond donors (Lipinski definition) is 0. The number of ether oxygens (including phenoxy) is 1. The molecule has 33 heavy (non-hydrogen) atoms. The van der Waals surface area contributed by atoms with Crippen LogP contribution in [0.3, 0.4) is 0 Å². The number of carbonyl (C=O) groups is 1. The zero-order chi connectivity index (χ0) is 23.0. The van der Waals surface area contributed by atoms with Crippen LogP contribution in [-0.2, 0) is 4.79 Å². The van der Waals surface area contributed by atoms with E-state index < -0.39 is 0 Å². The van der Waals surface area contributed by atoms with Gasteiger partial charge in [-0.05, 0) is 84.5 Å². The van der Waals surface area contributed by atoms with Crippen LogP contribution in [0.25, 0.3) is 10.8 Å². The van der Waals surface area contributed by atoms with Crippen LogP contribution in [-0.4, -0.2) is 30.0 Å². The Bertz CT molecular complexity index is 1070. The average molecular weight is 446 g/mol. The number of piperidine rings is 1. The predicted molar refractivity (Wildman–Crippen MR) is 133 cm³/mol. The van der Waals surface area contributed by atoms with Crippen molar-refractivity contribution in [1.29, 1.82) is 0 Å². The third-order valence-electron chi connectivity index (χ3n) is 10.7. The van der Waals surface area contributed by atoms with E-state index in [2.05, 4.69) is 75.2 Å². The fourth-order valence-corrected chi connectivity index (χ4v) is 9.02. The van der Waals surface area contributed by atoms with Crippen molar-refractivity contribution in [3.8, 4) is 5.75 Å². The minimum absolute atomic E-state index is 0.274. The highest BCUT2D eigenvalue weighted by Crippen LogP contribution is 2.66. The fourth-order valence-electron chi connectivity index (χ4n) is 9.02. The molecule has 0 bridgehead atoms. The van der Waals surface area contributed by atoms with E-state index in [0.717, 1.165) is 36.3 Å². The molecule has 3 nitrogen and oxygen atoms in total. The van der Waals surface area contributed by atoms with E-state index in [9.17, 15) is 4.79 Å². The third kappa shape index (κ3) is 3.17. The summed E-state index contributed by atoms with van der Waals surface area (Å²) >= 11 is 0. The Labute approximate surface area is 198 Å². The molecule has 1 saturated heterocycles. The van der Waals surface area contributed by atoms with Crippen molar-refractivity contribution < 1.29 is 9.53 Å². The largest absolute Gasteiger partial charge is 0.490 e. The lowest BCUT2D eigenvalue weighted by atomic mass is 9.45. The molecule has 0 radical (unpaired) electrons. The molecule has 0 spiro atoms. The van der Waals surface area contributed by atoms with Gasteiger partial charge in [0.1, 0.15) is 5.75 Å². The van der Waals surface area contributed by atoms with Gasteiger partial charge in [0.05, 0.1) is 6.10 Å². The lowest BCUT2D eigenvalue weighted by molar-refractivity contribution is -0.164. The van der Waals surface area contributed by atoms with Crippen LogP contribution in [0.15, 0.2) is 42.5 Å². The van der Waals surface area contributed by atoms with Crippen molar-refractivity contribution in [3.05, 3.63) is 42.5 Å². The van der Waals surface area contributed by atoms with Gasteiger partial charge in [-0.15, -0.1) is 0 Å². The van der Waals surface area contributed by atoms with Crippen LogP contribution >= 0.6 is 0 Å². The minimum atomic E-state index is 0.274. The molecule has 2 unspecified atom stereocenters. The zero-order valence-corrected chi connectivity index (χ0v) is 20.7. The van der Waals surface area contributed by atoms with E-state index in [1.165, 1.54) is 42.9 Å². The summed E-state index contributed by atoms with van der Waals surface area (Å²) in [5.41, 5.74) is 0.653. The standard InChI is InChI=1S/C30H39NO2/c1-19-16-26-30(3,15-13-27(32)31(26)4)23-12-14-29(2)18-21(17-24(29)28(19)23)33-25-11-7-9-20-8-5-6-10-22(20)25/h5-11,19,21,23-24,26,28H,12-18H2,1-4H3/t19?,21-,23-,24-,26+,28?,29+,30+/m0/s1. The molecule has 8 atom stereocenters. The zero-order valence-electron chi connectivity index (χ0n) is 20.7. The fraction of sp³-hybridized carbons (Fsp3) is 0.633. The molecule has 6 rings (SSSR count).